The lowest BCUT2D eigenvalue weighted by molar-refractivity contribution is -0.139. The lowest BCUT2D eigenvalue weighted by atomic mass is 9.86. The minimum absolute atomic E-state index is 0.0165. The molecule has 1 aromatic heterocycles. The van der Waals surface area contributed by atoms with Gasteiger partial charge < -0.3 is 5.11 Å². The average molecular weight is 353 g/mol. The van der Waals surface area contributed by atoms with E-state index < -0.39 is 16.0 Å². The largest absolute Gasteiger partial charge is 0.480 e. The van der Waals surface area contributed by atoms with Gasteiger partial charge in [0.2, 0.25) is 0 Å². The smallest absolute Gasteiger partial charge is 0.317 e. The van der Waals surface area contributed by atoms with Crippen LogP contribution in [0.5, 0.6) is 0 Å². The standard InChI is InChI=1S/C12H17ClN2O4S2/c1-2-15(7-11(16)17)9-5-8(6-9)14-21(18,19)12-10(13)3-4-20-12/h3-4,8-9,14H,2,5-7H2,1H3,(H,16,17). The van der Waals surface area contributed by atoms with E-state index in [0.29, 0.717) is 19.4 Å². The van der Waals surface area contributed by atoms with Crippen LogP contribution in [0.15, 0.2) is 15.7 Å². The van der Waals surface area contributed by atoms with Gasteiger partial charge in [0.15, 0.2) is 4.21 Å². The van der Waals surface area contributed by atoms with Crippen LogP contribution in [0, 0.1) is 0 Å². The lowest BCUT2D eigenvalue weighted by Gasteiger charge is -2.41. The van der Waals surface area contributed by atoms with Gasteiger partial charge in [-0.3, -0.25) is 9.69 Å². The highest BCUT2D eigenvalue weighted by Gasteiger charge is 2.36. The van der Waals surface area contributed by atoms with Gasteiger partial charge >= 0.3 is 5.97 Å². The molecule has 9 heteroatoms. The number of likely N-dealkylation sites (N-methyl/N-ethyl adjacent to an activating group) is 1. The molecule has 118 valence electrons. The summed E-state index contributed by atoms with van der Waals surface area (Å²) in [6.07, 6.45) is 1.23. The fraction of sp³-hybridized carbons (Fsp3) is 0.583. The number of thiophene rings is 1. The number of carboxylic acid groups (broad SMARTS) is 1. The molecule has 0 unspecified atom stereocenters. The molecule has 0 aliphatic heterocycles. The van der Waals surface area contributed by atoms with Crippen LogP contribution in [0.2, 0.25) is 5.02 Å². The van der Waals surface area contributed by atoms with Crippen molar-refractivity contribution in [3.05, 3.63) is 16.5 Å². The van der Waals surface area contributed by atoms with E-state index in [2.05, 4.69) is 4.72 Å². The number of sulfonamides is 1. The van der Waals surface area contributed by atoms with Gasteiger partial charge in [-0.25, -0.2) is 13.1 Å². The number of carboxylic acids is 1. The summed E-state index contributed by atoms with van der Waals surface area (Å²) in [5.74, 6) is -0.869. The molecule has 2 N–H and O–H groups in total. The maximum atomic E-state index is 12.1. The Morgan fingerprint density at radius 2 is 2.24 bits per heavy atom. The molecule has 1 heterocycles. The Morgan fingerprint density at radius 1 is 1.57 bits per heavy atom. The van der Waals surface area contributed by atoms with E-state index in [-0.39, 0.29) is 27.9 Å². The Kier molecular flexibility index (Phi) is 5.26. The molecule has 0 bridgehead atoms. The van der Waals surface area contributed by atoms with Crippen molar-refractivity contribution in [2.24, 2.45) is 0 Å². The molecule has 0 aromatic carbocycles. The molecule has 0 atom stereocenters. The predicted molar refractivity (Wildman–Crippen MR) is 81.3 cm³/mol. The zero-order valence-electron chi connectivity index (χ0n) is 11.5. The van der Waals surface area contributed by atoms with Gasteiger partial charge in [0.1, 0.15) is 0 Å². The van der Waals surface area contributed by atoms with Crippen LogP contribution >= 0.6 is 22.9 Å². The monoisotopic (exact) mass is 352 g/mol. The molecule has 21 heavy (non-hydrogen) atoms. The molecule has 1 saturated carbocycles. The van der Waals surface area contributed by atoms with Crippen LogP contribution in [0.25, 0.3) is 0 Å². The maximum absolute atomic E-state index is 12.1. The Hall–Kier alpha value is -0.670. The van der Waals surface area contributed by atoms with Crippen LogP contribution in [0.3, 0.4) is 0 Å². The van der Waals surface area contributed by atoms with Crippen molar-refractivity contribution >= 4 is 38.9 Å². The van der Waals surface area contributed by atoms with Gasteiger partial charge in [-0.1, -0.05) is 18.5 Å². The van der Waals surface area contributed by atoms with Gasteiger partial charge in [0.25, 0.3) is 10.0 Å². The van der Waals surface area contributed by atoms with Crippen LogP contribution in [0.1, 0.15) is 19.8 Å². The third-order valence-corrected chi connectivity index (χ3v) is 7.07. The molecule has 1 aliphatic rings. The molecule has 0 amide bonds. The fourth-order valence-electron chi connectivity index (χ4n) is 2.40. The summed E-state index contributed by atoms with van der Waals surface area (Å²) >= 11 is 6.93. The van der Waals surface area contributed by atoms with Crippen molar-refractivity contribution in [3.63, 3.8) is 0 Å². The number of rotatable bonds is 7. The molecule has 0 spiro atoms. The molecular formula is C12H17ClN2O4S2. The first-order chi connectivity index (χ1) is 9.83. The maximum Gasteiger partial charge on any atom is 0.317 e. The molecule has 1 aliphatic carbocycles. The summed E-state index contributed by atoms with van der Waals surface area (Å²) in [6.45, 7) is 2.51. The topological polar surface area (TPSA) is 86.7 Å². The van der Waals surface area contributed by atoms with Crippen LogP contribution in [-0.2, 0) is 14.8 Å². The number of nitrogens with one attached hydrogen (secondary N) is 1. The van der Waals surface area contributed by atoms with Gasteiger partial charge in [-0.05, 0) is 30.8 Å². The minimum atomic E-state index is -3.58. The average Bonchev–Trinajstić information content (AvgIpc) is 2.77. The summed E-state index contributed by atoms with van der Waals surface area (Å²) in [7, 11) is -3.58. The molecule has 0 saturated heterocycles. The highest BCUT2D eigenvalue weighted by molar-refractivity contribution is 7.91. The van der Waals surface area contributed by atoms with Gasteiger partial charge in [0.05, 0.1) is 11.6 Å². The first-order valence-electron chi connectivity index (χ1n) is 6.54. The zero-order valence-corrected chi connectivity index (χ0v) is 13.8. The Bertz CT molecular complexity index is 611. The first-order valence-corrected chi connectivity index (χ1v) is 9.28. The van der Waals surface area contributed by atoms with E-state index >= 15 is 0 Å². The quantitative estimate of drug-likeness (QED) is 0.778. The first kappa shape index (κ1) is 16.7. The number of hydrogen-bond donors (Lipinski definition) is 2. The summed E-state index contributed by atoms with van der Waals surface area (Å²) in [6, 6.07) is 1.49. The van der Waals surface area contributed by atoms with Crippen molar-refractivity contribution < 1.29 is 18.3 Å². The Balaban J connectivity index is 1.91. The molecular weight excluding hydrogens is 336 g/mol. The summed E-state index contributed by atoms with van der Waals surface area (Å²) in [5, 5.41) is 10.7. The normalized spacial score (nSPS) is 22.2. The molecule has 1 aromatic rings. The van der Waals surface area contributed by atoms with Gasteiger partial charge in [-0.2, -0.15) is 0 Å². The number of hydrogen-bond acceptors (Lipinski definition) is 5. The van der Waals surface area contributed by atoms with E-state index in [9.17, 15) is 13.2 Å². The lowest BCUT2D eigenvalue weighted by Crippen LogP contribution is -2.54. The molecule has 6 nitrogen and oxygen atoms in total. The highest BCUT2D eigenvalue weighted by Crippen LogP contribution is 2.31. The second kappa shape index (κ2) is 6.62. The van der Waals surface area contributed by atoms with Crippen LogP contribution < -0.4 is 4.72 Å². The van der Waals surface area contributed by atoms with E-state index in [1.807, 2.05) is 11.8 Å². The molecule has 0 radical (unpaired) electrons. The third kappa shape index (κ3) is 3.95. The van der Waals surface area contributed by atoms with E-state index in [1.165, 1.54) is 0 Å². The van der Waals surface area contributed by atoms with Gasteiger partial charge in [-0.15, -0.1) is 11.3 Å². The SMILES string of the molecule is CCN(CC(=O)O)C1CC(NS(=O)(=O)c2sccc2Cl)C1. The summed E-state index contributed by atoms with van der Waals surface area (Å²) in [4.78, 5) is 12.6. The molecule has 1 fully saturated rings. The third-order valence-electron chi connectivity index (χ3n) is 3.52. The van der Waals surface area contributed by atoms with E-state index in [4.69, 9.17) is 16.7 Å². The molecule has 2 rings (SSSR count). The fourth-order valence-corrected chi connectivity index (χ4v) is 5.36. The minimum Gasteiger partial charge on any atom is -0.480 e. The summed E-state index contributed by atoms with van der Waals surface area (Å²) in [5.41, 5.74) is 0. The second-order valence-electron chi connectivity index (χ2n) is 4.96. The number of nitrogens with zero attached hydrogens (tertiary/aromatic N) is 1. The van der Waals surface area contributed by atoms with Gasteiger partial charge in [0, 0.05) is 12.1 Å². The summed E-state index contributed by atoms with van der Waals surface area (Å²) < 4.78 is 27.0. The Morgan fingerprint density at radius 3 is 2.71 bits per heavy atom. The van der Waals surface area contributed by atoms with Crippen LogP contribution in [0.4, 0.5) is 0 Å². The zero-order chi connectivity index (χ0) is 15.6. The number of aliphatic carboxylic acids is 1. The van der Waals surface area contributed by atoms with E-state index in [0.717, 1.165) is 11.3 Å². The van der Waals surface area contributed by atoms with Crippen molar-refractivity contribution in [1.29, 1.82) is 0 Å². The number of halogens is 1. The highest BCUT2D eigenvalue weighted by atomic mass is 35.5. The predicted octanol–water partition coefficient (Wildman–Crippen LogP) is 1.62. The number of carbonyl (C=O) groups is 1. The second-order valence-corrected chi connectivity index (χ2v) is 8.19. The van der Waals surface area contributed by atoms with E-state index in [1.54, 1.807) is 11.4 Å². The van der Waals surface area contributed by atoms with Crippen molar-refractivity contribution in [1.82, 2.24) is 9.62 Å². The van der Waals surface area contributed by atoms with Crippen LogP contribution in [-0.4, -0.2) is 49.6 Å². The van der Waals surface area contributed by atoms with Crippen molar-refractivity contribution in [2.45, 2.75) is 36.1 Å². The van der Waals surface area contributed by atoms with Crippen molar-refractivity contribution in [3.8, 4) is 0 Å². The Labute approximate surface area is 132 Å². The van der Waals surface area contributed by atoms with Crippen molar-refractivity contribution in [2.75, 3.05) is 13.1 Å².